The Morgan fingerprint density at radius 1 is 1.39 bits per heavy atom. The van der Waals surface area contributed by atoms with Gasteiger partial charge in [-0.15, -0.1) is 0 Å². The Bertz CT molecular complexity index is 380. The van der Waals surface area contributed by atoms with Crippen LogP contribution >= 0.6 is 0 Å². The van der Waals surface area contributed by atoms with Gasteiger partial charge in [-0.1, -0.05) is 19.8 Å². The molecule has 0 radical (unpaired) electrons. The predicted octanol–water partition coefficient (Wildman–Crippen LogP) is 2.92. The number of hydrogen-bond acceptors (Lipinski definition) is 4. The molecule has 1 heterocycles. The van der Waals surface area contributed by atoms with Gasteiger partial charge in [-0.05, 0) is 25.7 Å². The quantitative estimate of drug-likeness (QED) is 0.889. The minimum absolute atomic E-state index is 0.611. The van der Waals surface area contributed by atoms with E-state index in [0.29, 0.717) is 6.04 Å². The summed E-state index contributed by atoms with van der Waals surface area (Å²) >= 11 is 0. The third-order valence-electron chi connectivity index (χ3n) is 3.80. The molecule has 1 fully saturated rings. The zero-order valence-electron chi connectivity index (χ0n) is 11.7. The van der Waals surface area contributed by atoms with Crippen LogP contribution in [0.25, 0.3) is 0 Å². The number of aromatic nitrogens is 2. The minimum atomic E-state index is 0.611. The molecule has 100 valence electrons. The molecule has 2 atom stereocenters. The number of rotatable bonds is 4. The van der Waals surface area contributed by atoms with E-state index in [1.165, 1.54) is 25.7 Å². The van der Waals surface area contributed by atoms with E-state index < -0.39 is 0 Å². The topological polar surface area (TPSA) is 41.1 Å². The molecule has 1 N–H and O–H groups in total. The third-order valence-corrected chi connectivity index (χ3v) is 3.80. The molecule has 0 spiro atoms. The largest absolute Gasteiger partial charge is 0.369 e. The molecule has 0 bridgehead atoms. The minimum Gasteiger partial charge on any atom is -0.369 e. The summed E-state index contributed by atoms with van der Waals surface area (Å²) in [6.07, 6.45) is 8.88. The van der Waals surface area contributed by atoms with Gasteiger partial charge in [-0.2, -0.15) is 0 Å². The molecular weight excluding hydrogens is 224 g/mol. The van der Waals surface area contributed by atoms with Crippen LogP contribution in [-0.2, 0) is 0 Å². The van der Waals surface area contributed by atoms with Crippen molar-refractivity contribution in [2.75, 3.05) is 23.8 Å². The van der Waals surface area contributed by atoms with E-state index in [1.807, 2.05) is 6.20 Å². The fourth-order valence-electron chi connectivity index (χ4n) is 2.73. The summed E-state index contributed by atoms with van der Waals surface area (Å²) in [6.45, 7) is 5.30. The van der Waals surface area contributed by atoms with Gasteiger partial charge in [0.2, 0.25) is 0 Å². The molecule has 4 heteroatoms. The first-order valence-corrected chi connectivity index (χ1v) is 6.99. The third kappa shape index (κ3) is 3.12. The van der Waals surface area contributed by atoms with E-state index in [0.717, 1.165) is 24.1 Å². The molecule has 0 amide bonds. The normalized spacial score (nSPS) is 23.7. The SMILES string of the molecule is CCNc1cncc(N(C)C2CCCC(C)C2)n1. The van der Waals surface area contributed by atoms with Gasteiger partial charge < -0.3 is 10.2 Å². The van der Waals surface area contributed by atoms with E-state index in [1.54, 1.807) is 6.20 Å². The summed E-state index contributed by atoms with van der Waals surface area (Å²) in [5.41, 5.74) is 0. The Morgan fingerprint density at radius 2 is 2.22 bits per heavy atom. The summed E-state index contributed by atoms with van der Waals surface area (Å²) in [7, 11) is 2.14. The van der Waals surface area contributed by atoms with Gasteiger partial charge in [0, 0.05) is 19.6 Å². The van der Waals surface area contributed by atoms with Crippen molar-refractivity contribution in [3.05, 3.63) is 12.4 Å². The van der Waals surface area contributed by atoms with Crippen LogP contribution in [0.4, 0.5) is 11.6 Å². The Morgan fingerprint density at radius 3 is 2.94 bits per heavy atom. The monoisotopic (exact) mass is 248 g/mol. The van der Waals surface area contributed by atoms with Gasteiger partial charge in [-0.3, -0.25) is 4.98 Å². The molecule has 2 rings (SSSR count). The fraction of sp³-hybridized carbons (Fsp3) is 0.714. The van der Waals surface area contributed by atoms with Crippen molar-refractivity contribution in [2.45, 2.75) is 45.6 Å². The molecule has 18 heavy (non-hydrogen) atoms. The van der Waals surface area contributed by atoms with Gasteiger partial charge in [0.25, 0.3) is 0 Å². The maximum absolute atomic E-state index is 4.61. The van der Waals surface area contributed by atoms with Crippen LogP contribution in [0.5, 0.6) is 0 Å². The first-order chi connectivity index (χ1) is 8.70. The van der Waals surface area contributed by atoms with Crippen LogP contribution in [0, 0.1) is 5.92 Å². The second kappa shape index (κ2) is 6.03. The fourth-order valence-corrected chi connectivity index (χ4v) is 2.73. The smallest absolute Gasteiger partial charge is 0.149 e. The van der Waals surface area contributed by atoms with Crippen LogP contribution in [-0.4, -0.2) is 29.6 Å². The lowest BCUT2D eigenvalue weighted by atomic mass is 9.86. The molecule has 1 aromatic heterocycles. The summed E-state index contributed by atoms with van der Waals surface area (Å²) < 4.78 is 0. The lowest BCUT2D eigenvalue weighted by Gasteiger charge is -2.34. The van der Waals surface area contributed by atoms with E-state index >= 15 is 0 Å². The Kier molecular flexibility index (Phi) is 4.39. The molecule has 1 aliphatic rings. The second-order valence-electron chi connectivity index (χ2n) is 5.33. The van der Waals surface area contributed by atoms with Crippen LogP contribution in [0.15, 0.2) is 12.4 Å². The zero-order chi connectivity index (χ0) is 13.0. The van der Waals surface area contributed by atoms with E-state index in [2.05, 4.69) is 41.1 Å². The van der Waals surface area contributed by atoms with Gasteiger partial charge in [0.05, 0.1) is 12.4 Å². The van der Waals surface area contributed by atoms with Crippen molar-refractivity contribution < 1.29 is 0 Å². The molecular formula is C14H24N4. The number of nitrogens with one attached hydrogen (secondary N) is 1. The molecule has 1 aliphatic carbocycles. The molecule has 4 nitrogen and oxygen atoms in total. The highest BCUT2D eigenvalue weighted by atomic mass is 15.2. The van der Waals surface area contributed by atoms with Gasteiger partial charge in [0.15, 0.2) is 0 Å². The molecule has 1 saturated carbocycles. The lowest BCUT2D eigenvalue weighted by Crippen LogP contribution is -2.36. The highest BCUT2D eigenvalue weighted by Gasteiger charge is 2.23. The van der Waals surface area contributed by atoms with Crippen molar-refractivity contribution in [1.82, 2.24) is 9.97 Å². The maximum atomic E-state index is 4.61. The van der Waals surface area contributed by atoms with Crippen LogP contribution in [0.2, 0.25) is 0 Å². The molecule has 1 aromatic rings. The van der Waals surface area contributed by atoms with Gasteiger partial charge in [0.1, 0.15) is 11.6 Å². The summed E-state index contributed by atoms with van der Waals surface area (Å²) in [4.78, 5) is 11.2. The van der Waals surface area contributed by atoms with Gasteiger partial charge >= 0.3 is 0 Å². The van der Waals surface area contributed by atoms with E-state index in [-0.39, 0.29) is 0 Å². The number of hydrogen-bond donors (Lipinski definition) is 1. The highest BCUT2D eigenvalue weighted by molar-refractivity contribution is 5.44. The second-order valence-corrected chi connectivity index (χ2v) is 5.33. The number of nitrogens with zero attached hydrogens (tertiary/aromatic N) is 3. The standard InChI is InChI=1S/C14H24N4/c1-4-16-13-9-15-10-14(17-13)18(3)12-7-5-6-11(2)8-12/h9-12H,4-8H2,1-3H3,(H,16,17). The summed E-state index contributed by atoms with van der Waals surface area (Å²) in [5.74, 6) is 2.68. The van der Waals surface area contributed by atoms with Crippen LogP contribution < -0.4 is 10.2 Å². The average Bonchev–Trinajstić information content (AvgIpc) is 2.39. The van der Waals surface area contributed by atoms with E-state index in [4.69, 9.17) is 0 Å². The highest BCUT2D eigenvalue weighted by Crippen LogP contribution is 2.28. The average molecular weight is 248 g/mol. The molecule has 0 aromatic carbocycles. The van der Waals surface area contributed by atoms with Crippen molar-refractivity contribution in [1.29, 1.82) is 0 Å². The Labute approximate surface area is 110 Å². The van der Waals surface area contributed by atoms with Crippen molar-refractivity contribution >= 4 is 11.6 Å². The summed E-state index contributed by atoms with van der Waals surface area (Å²) in [5, 5.41) is 3.21. The summed E-state index contributed by atoms with van der Waals surface area (Å²) in [6, 6.07) is 0.611. The number of anilines is 2. The Balaban J connectivity index is 2.07. The van der Waals surface area contributed by atoms with Crippen molar-refractivity contribution in [3.63, 3.8) is 0 Å². The van der Waals surface area contributed by atoms with Crippen LogP contribution in [0.3, 0.4) is 0 Å². The predicted molar refractivity (Wildman–Crippen MR) is 76.0 cm³/mol. The van der Waals surface area contributed by atoms with E-state index in [9.17, 15) is 0 Å². The molecule has 2 unspecified atom stereocenters. The van der Waals surface area contributed by atoms with Crippen molar-refractivity contribution in [2.24, 2.45) is 5.92 Å². The van der Waals surface area contributed by atoms with Crippen LogP contribution in [0.1, 0.15) is 39.5 Å². The zero-order valence-corrected chi connectivity index (χ0v) is 11.7. The first kappa shape index (κ1) is 13.1. The van der Waals surface area contributed by atoms with Crippen molar-refractivity contribution in [3.8, 4) is 0 Å². The first-order valence-electron chi connectivity index (χ1n) is 6.99. The lowest BCUT2D eigenvalue weighted by molar-refractivity contribution is 0.335. The maximum Gasteiger partial charge on any atom is 0.149 e. The van der Waals surface area contributed by atoms with Gasteiger partial charge in [-0.25, -0.2) is 4.98 Å². The molecule has 0 aliphatic heterocycles. The Hall–Kier alpha value is -1.32. The molecule has 0 saturated heterocycles.